The summed E-state index contributed by atoms with van der Waals surface area (Å²) >= 11 is 1.29. The summed E-state index contributed by atoms with van der Waals surface area (Å²) in [5, 5.41) is 1.08. The third-order valence-electron chi connectivity index (χ3n) is 5.76. The summed E-state index contributed by atoms with van der Waals surface area (Å²) in [4.78, 5) is 33.2. The number of ether oxygens (including phenoxy) is 1. The Morgan fingerprint density at radius 2 is 2.12 bits per heavy atom. The highest BCUT2D eigenvalue weighted by molar-refractivity contribution is 7.99. The molecule has 1 amide bonds. The van der Waals surface area contributed by atoms with E-state index in [1.165, 1.54) is 11.8 Å². The van der Waals surface area contributed by atoms with Crippen molar-refractivity contribution in [2.75, 3.05) is 19.5 Å². The highest BCUT2D eigenvalue weighted by atomic mass is 32.2. The van der Waals surface area contributed by atoms with E-state index in [2.05, 4.69) is 6.08 Å². The maximum Gasteiger partial charge on any atom is 0.262 e. The van der Waals surface area contributed by atoms with Gasteiger partial charge in [0.05, 0.1) is 42.1 Å². The zero-order valence-electron chi connectivity index (χ0n) is 19.0. The molecular weight excluding hydrogens is 438 g/mol. The van der Waals surface area contributed by atoms with Crippen LogP contribution in [0.4, 0.5) is 0 Å². The Morgan fingerprint density at radius 3 is 2.85 bits per heavy atom. The van der Waals surface area contributed by atoms with Gasteiger partial charge in [0.2, 0.25) is 5.91 Å². The van der Waals surface area contributed by atoms with Crippen molar-refractivity contribution in [3.63, 3.8) is 0 Å². The van der Waals surface area contributed by atoms with Crippen molar-refractivity contribution >= 4 is 28.6 Å². The van der Waals surface area contributed by atoms with Crippen LogP contribution < -0.4 is 5.56 Å². The summed E-state index contributed by atoms with van der Waals surface area (Å²) in [6, 6.07) is 10.8. The predicted molar refractivity (Wildman–Crippen MR) is 129 cm³/mol. The van der Waals surface area contributed by atoms with Gasteiger partial charge in [-0.05, 0) is 56.9 Å². The Hall–Kier alpha value is -2.84. The maximum absolute atomic E-state index is 13.4. The molecule has 174 valence electrons. The molecule has 7 nitrogen and oxygen atoms in total. The Balaban J connectivity index is 1.61. The number of aromatic nitrogens is 2. The van der Waals surface area contributed by atoms with Crippen LogP contribution in [0.5, 0.6) is 0 Å². The van der Waals surface area contributed by atoms with Crippen molar-refractivity contribution in [3.05, 3.63) is 70.5 Å². The van der Waals surface area contributed by atoms with Crippen molar-refractivity contribution in [3.8, 4) is 0 Å². The topological polar surface area (TPSA) is 77.6 Å². The summed E-state index contributed by atoms with van der Waals surface area (Å²) in [6.07, 6.45) is 7.84. The van der Waals surface area contributed by atoms with Gasteiger partial charge in [-0.25, -0.2) is 4.98 Å². The lowest BCUT2D eigenvalue weighted by atomic mass is 10.0. The van der Waals surface area contributed by atoms with E-state index in [1.807, 2.05) is 42.2 Å². The smallest absolute Gasteiger partial charge is 0.262 e. The monoisotopic (exact) mass is 467 g/mol. The maximum atomic E-state index is 13.4. The molecule has 4 rings (SSSR count). The van der Waals surface area contributed by atoms with Crippen LogP contribution in [0.3, 0.4) is 0 Å². The number of benzene rings is 1. The second-order valence-corrected chi connectivity index (χ2v) is 9.12. The fraction of sp³-hybridized carbons (Fsp3) is 0.400. The van der Waals surface area contributed by atoms with Crippen LogP contribution in [0, 0.1) is 0 Å². The fourth-order valence-corrected chi connectivity index (χ4v) is 5.08. The average molecular weight is 468 g/mol. The van der Waals surface area contributed by atoms with E-state index in [-0.39, 0.29) is 23.3 Å². The number of hydrogen-bond acceptors (Lipinski definition) is 6. The van der Waals surface area contributed by atoms with Gasteiger partial charge in [0.15, 0.2) is 5.16 Å². The molecule has 0 radical (unpaired) electrons. The minimum Gasteiger partial charge on any atom is -0.467 e. The van der Waals surface area contributed by atoms with Gasteiger partial charge in [-0.1, -0.05) is 30.0 Å². The van der Waals surface area contributed by atoms with Gasteiger partial charge in [-0.2, -0.15) is 0 Å². The number of para-hydroxylation sites is 1. The first-order valence-corrected chi connectivity index (χ1v) is 12.2. The number of amides is 1. The van der Waals surface area contributed by atoms with Gasteiger partial charge in [-0.3, -0.25) is 14.2 Å². The lowest BCUT2D eigenvalue weighted by Gasteiger charge is -2.27. The second kappa shape index (κ2) is 10.9. The van der Waals surface area contributed by atoms with Gasteiger partial charge >= 0.3 is 0 Å². The summed E-state index contributed by atoms with van der Waals surface area (Å²) < 4.78 is 12.4. The number of hydrogen-bond donors (Lipinski definition) is 0. The second-order valence-electron chi connectivity index (χ2n) is 8.18. The number of thioether (sulfide) groups is 1. The normalized spacial score (nSPS) is 14.8. The summed E-state index contributed by atoms with van der Waals surface area (Å²) in [5.41, 5.74) is 1.54. The van der Waals surface area contributed by atoms with Gasteiger partial charge < -0.3 is 14.1 Å². The average Bonchev–Trinajstić information content (AvgIpc) is 3.35. The third kappa shape index (κ3) is 5.39. The van der Waals surface area contributed by atoms with Gasteiger partial charge in [0, 0.05) is 12.8 Å². The molecule has 1 atom stereocenters. The molecule has 0 bridgehead atoms. The molecule has 0 saturated carbocycles. The quantitative estimate of drug-likeness (QED) is 0.333. The number of methoxy groups -OCH3 is 1. The fourth-order valence-electron chi connectivity index (χ4n) is 4.11. The lowest BCUT2D eigenvalue weighted by molar-refractivity contribution is -0.127. The number of nitrogens with zero attached hydrogens (tertiary/aromatic N) is 3. The van der Waals surface area contributed by atoms with E-state index in [9.17, 15) is 9.59 Å². The standard InChI is InChI=1S/C25H29N3O4S/c1-18(16-31-2)28-24(30)21-12-6-7-13-22(21)26-25(28)33-17-23(29)27(15-20-11-8-14-32-20)19-9-4-3-5-10-19/h6-9,11-14,18H,3-5,10,15-17H2,1-2H3/t18-/m1/s1. The summed E-state index contributed by atoms with van der Waals surface area (Å²) in [7, 11) is 1.61. The van der Waals surface area contributed by atoms with Crippen molar-refractivity contribution < 1.29 is 13.9 Å². The minimum absolute atomic E-state index is 0.0297. The SMILES string of the molecule is COC[C@@H](C)n1c(SCC(=O)N(Cc2ccco2)C2=CCCCC2)nc2ccccc2c1=O. The highest BCUT2D eigenvalue weighted by Gasteiger charge is 2.23. The van der Waals surface area contributed by atoms with Crippen LogP contribution in [-0.4, -0.2) is 39.8 Å². The molecule has 0 fully saturated rings. The Labute approximate surface area is 197 Å². The Kier molecular flexibility index (Phi) is 7.67. The molecule has 1 aromatic carbocycles. The highest BCUT2D eigenvalue weighted by Crippen LogP contribution is 2.26. The number of rotatable bonds is 9. The molecule has 0 spiro atoms. The van der Waals surface area contributed by atoms with E-state index in [0.29, 0.717) is 29.2 Å². The molecule has 0 aliphatic heterocycles. The first-order chi connectivity index (χ1) is 16.1. The molecule has 2 aromatic heterocycles. The van der Waals surface area contributed by atoms with Crippen molar-refractivity contribution in [1.29, 1.82) is 0 Å². The first kappa shape index (κ1) is 23.3. The van der Waals surface area contributed by atoms with Crippen molar-refractivity contribution in [1.82, 2.24) is 14.5 Å². The van der Waals surface area contributed by atoms with E-state index in [0.717, 1.165) is 37.1 Å². The molecular formula is C25H29N3O4S. The Morgan fingerprint density at radius 1 is 1.27 bits per heavy atom. The predicted octanol–water partition coefficient (Wildman–Crippen LogP) is 4.78. The molecule has 0 N–H and O–H groups in total. The number of carbonyl (C=O) groups excluding carboxylic acids is 1. The van der Waals surface area contributed by atoms with E-state index >= 15 is 0 Å². The van der Waals surface area contributed by atoms with Crippen LogP contribution in [0.25, 0.3) is 10.9 Å². The summed E-state index contributed by atoms with van der Waals surface area (Å²) in [6.45, 7) is 2.69. The van der Waals surface area contributed by atoms with Crippen molar-refractivity contribution in [2.45, 2.75) is 50.4 Å². The van der Waals surface area contributed by atoms with E-state index < -0.39 is 0 Å². The largest absolute Gasteiger partial charge is 0.467 e. The number of carbonyl (C=O) groups is 1. The molecule has 1 aliphatic carbocycles. The van der Waals surface area contributed by atoms with Crippen LogP contribution >= 0.6 is 11.8 Å². The van der Waals surface area contributed by atoms with Crippen molar-refractivity contribution in [2.24, 2.45) is 0 Å². The van der Waals surface area contributed by atoms with E-state index in [1.54, 1.807) is 24.0 Å². The molecule has 3 aromatic rings. The van der Waals surface area contributed by atoms with Gasteiger partial charge in [0.25, 0.3) is 5.56 Å². The van der Waals surface area contributed by atoms with Crippen LogP contribution in [0.1, 0.15) is 44.4 Å². The Bertz CT molecular complexity index is 1190. The number of fused-ring (bicyclic) bond motifs is 1. The van der Waals surface area contributed by atoms with Crippen LogP contribution in [0.15, 0.2) is 68.8 Å². The van der Waals surface area contributed by atoms with Gasteiger partial charge in [0.1, 0.15) is 5.76 Å². The minimum atomic E-state index is -0.211. The third-order valence-corrected chi connectivity index (χ3v) is 6.70. The van der Waals surface area contributed by atoms with E-state index in [4.69, 9.17) is 14.1 Å². The molecule has 0 unspecified atom stereocenters. The molecule has 0 saturated heterocycles. The molecule has 2 heterocycles. The number of allylic oxidation sites excluding steroid dienone is 2. The van der Waals surface area contributed by atoms with Gasteiger partial charge in [-0.15, -0.1) is 0 Å². The molecule has 33 heavy (non-hydrogen) atoms. The molecule has 1 aliphatic rings. The molecule has 8 heteroatoms. The zero-order chi connectivity index (χ0) is 23.2. The number of furan rings is 1. The zero-order valence-corrected chi connectivity index (χ0v) is 19.8. The van der Waals surface area contributed by atoms with Crippen LogP contribution in [-0.2, 0) is 16.1 Å². The lowest BCUT2D eigenvalue weighted by Crippen LogP contribution is -2.33. The first-order valence-electron chi connectivity index (χ1n) is 11.2. The summed E-state index contributed by atoms with van der Waals surface area (Å²) in [5.74, 6) is 0.884. The van der Waals surface area contributed by atoms with Crippen LogP contribution in [0.2, 0.25) is 0 Å².